The molecule has 0 heterocycles. The predicted molar refractivity (Wildman–Crippen MR) is 83.3 cm³/mol. The Labute approximate surface area is 126 Å². The van der Waals surface area contributed by atoms with Gasteiger partial charge in [0.2, 0.25) is 0 Å². The minimum absolute atomic E-state index is 0.0422. The Morgan fingerprint density at radius 1 is 1.33 bits per heavy atom. The number of benzene rings is 1. The molecule has 0 aromatic heterocycles. The van der Waals surface area contributed by atoms with Crippen LogP contribution in [0.5, 0.6) is 5.75 Å². The zero-order valence-corrected chi connectivity index (χ0v) is 13.1. The Morgan fingerprint density at radius 3 is 2.57 bits per heavy atom. The van der Waals surface area contributed by atoms with Gasteiger partial charge in [-0.05, 0) is 37.5 Å². The summed E-state index contributed by atoms with van der Waals surface area (Å²) in [5.41, 5.74) is 7.03. The summed E-state index contributed by atoms with van der Waals surface area (Å²) in [6.07, 6.45) is 1.15. The highest BCUT2D eigenvalue weighted by Gasteiger charge is 2.14. The molecule has 0 bridgehead atoms. The lowest BCUT2D eigenvalue weighted by molar-refractivity contribution is -0.127. The molecule has 3 N–H and O–H groups in total. The van der Waals surface area contributed by atoms with Gasteiger partial charge in [0.1, 0.15) is 5.75 Å². The van der Waals surface area contributed by atoms with Crippen LogP contribution >= 0.6 is 0 Å². The van der Waals surface area contributed by atoms with Crippen molar-refractivity contribution in [2.24, 2.45) is 5.73 Å². The lowest BCUT2D eigenvalue weighted by Gasteiger charge is -2.15. The van der Waals surface area contributed by atoms with Crippen molar-refractivity contribution >= 4 is 5.91 Å². The molecule has 1 unspecified atom stereocenters. The average Bonchev–Trinajstić information content (AvgIpc) is 2.51. The van der Waals surface area contributed by atoms with Crippen LogP contribution in [-0.2, 0) is 9.53 Å². The maximum absolute atomic E-state index is 11.8. The van der Waals surface area contributed by atoms with Gasteiger partial charge < -0.3 is 20.5 Å². The van der Waals surface area contributed by atoms with Gasteiger partial charge in [0.25, 0.3) is 5.91 Å². The molecule has 5 heteroatoms. The summed E-state index contributed by atoms with van der Waals surface area (Å²) in [4.78, 5) is 11.8. The number of amides is 1. The van der Waals surface area contributed by atoms with Crippen molar-refractivity contribution in [1.82, 2.24) is 5.32 Å². The normalized spacial score (nSPS) is 13.5. The van der Waals surface area contributed by atoms with Crippen LogP contribution in [0, 0.1) is 0 Å². The standard InChI is InChI=1S/C16H26N2O3/c1-4-15(17)13-6-8-14(9-7-13)21-12(2)16(19)18-10-5-11-20-3/h6-9,12,15H,4-5,10-11,17H2,1-3H3,(H,18,19)/t12?,15-/m0/s1. The van der Waals surface area contributed by atoms with Gasteiger partial charge in [0, 0.05) is 26.3 Å². The van der Waals surface area contributed by atoms with Crippen LogP contribution < -0.4 is 15.8 Å². The van der Waals surface area contributed by atoms with Crippen LogP contribution in [-0.4, -0.2) is 32.3 Å². The van der Waals surface area contributed by atoms with Crippen molar-refractivity contribution in [3.8, 4) is 5.75 Å². The Kier molecular flexibility index (Phi) is 7.79. The molecule has 1 amide bonds. The quantitative estimate of drug-likeness (QED) is 0.683. The molecular weight excluding hydrogens is 268 g/mol. The lowest BCUT2D eigenvalue weighted by atomic mass is 10.1. The van der Waals surface area contributed by atoms with Crippen molar-refractivity contribution in [3.63, 3.8) is 0 Å². The second-order valence-corrected chi connectivity index (χ2v) is 4.98. The van der Waals surface area contributed by atoms with Crippen molar-refractivity contribution in [2.45, 2.75) is 38.8 Å². The first-order valence-corrected chi connectivity index (χ1v) is 7.37. The zero-order chi connectivity index (χ0) is 15.7. The number of hydrogen-bond acceptors (Lipinski definition) is 4. The van der Waals surface area contributed by atoms with Gasteiger partial charge in [-0.2, -0.15) is 0 Å². The molecule has 1 rings (SSSR count). The topological polar surface area (TPSA) is 73.6 Å². The SMILES string of the molecule is CC[C@H](N)c1ccc(OC(C)C(=O)NCCCOC)cc1. The number of carbonyl (C=O) groups is 1. The van der Waals surface area contributed by atoms with Gasteiger partial charge in [-0.15, -0.1) is 0 Å². The summed E-state index contributed by atoms with van der Waals surface area (Å²) in [5.74, 6) is 0.544. The van der Waals surface area contributed by atoms with Crippen molar-refractivity contribution in [1.29, 1.82) is 0 Å². The number of rotatable bonds is 9. The third-order valence-corrected chi connectivity index (χ3v) is 3.25. The zero-order valence-electron chi connectivity index (χ0n) is 13.1. The van der Waals surface area contributed by atoms with Crippen LogP contribution in [0.15, 0.2) is 24.3 Å². The monoisotopic (exact) mass is 294 g/mol. The maximum atomic E-state index is 11.8. The minimum Gasteiger partial charge on any atom is -0.481 e. The third kappa shape index (κ3) is 6.14. The Hall–Kier alpha value is -1.59. The molecule has 0 radical (unpaired) electrons. The summed E-state index contributed by atoms with van der Waals surface area (Å²) in [6, 6.07) is 7.61. The Morgan fingerprint density at radius 2 is 2.00 bits per heavy atom. The van der Waals surface area contributed by atoms with E-state index in [0.29, 0.717) is 18.9 Å². The number of hydrogen-bond donors (Lipinski definition) is 2. The largest absolute Gasteiger partial charge is 0.481 e. The van der Waals surface area contributed by atoms with Crippen LogP contribution in [0.25, 0.3) is 0 Å². The van der Waals surface area contributed by atoms with E-state index in [1.807, 2.05) is 31.2 Å². The molecule has 0 aliphatic rings. The fourth-order valence-corrected chi connectivity index (χ4v) is 1.86. The van der Waals surface area contributed by atoms with E-state index in [1.165, 1.54) is 0 Å². The van der Waals surface area contributed by atoms with Crippen LogP contribution in [0.1, 0.15) is 38.3 Å². The van der Waals surface area contributed by atoms with E-state index in [0.717, 1.165) is 18.4 Å². The van der Waals surface area contributed by atoms with E-state index in [1.54, 1.807) is 14.0 Å². The molecule has 0 aliphatic heterocycles. The smallest absolute Gasteiger partial charge is 0.260 e. The second kappa shape index (κ2) is 9.37. The molecule has 0 saturated heterocycles. The summed E-state index contributed by atoms with van der Waals surface area (Å²) in [5, 5.41) is 2.81. The fraction of sp³-hybridized carbons (Fsp3) is 0.562. The molecule has 5 nitrogen and oxygen atoms in total. The molecule has 0 saturated carbocycles. The molecule has 0 aliphatic carbocycles. The second-order valence-electron chi connectivity index (χ2n) is 4.98. The van der Waals surface area contributed by atoms with Gasteiger partial charge in [-0.3, -0.25) is 4.79 Å². The average molecular weight is 294 g/mol. The Bertz CT molecular complexity index is 420. The van der Waals surface area contributed by atoms with Gasteiger partial charge in [-0.25, -0.2) is 0 Å². The molecule has 0 spiro atoms. The highest BCUT2D eigenvalue weighted by atomic mass is 16.5. The van der Waals surface area contributed by atoms with E-state index in [-0.39, 0.29) is 11.9 Å². The van der Waals surface area contributed by atoms with Crippen LogP contribution in [0.4, 0.5) is 0 Å². The van der Waals surface area contributed by atoms with E-state index in [9.17, 15) is 4.79 Å². The maximum Gasteiger partial charge on any atom is 0.260 e. The molecule has 2 atom stereocenters. The van der Waals surface area contributed by atoms with Crippen LogP contribution in [0.2, 0.25) is 0 Å². The van der Waals surface area contributed by atoms with E-state index in [2.05, 4.69) is 5.32 Å². The van der Waals surface area contributed by atoms with Gasteiger partial charge in [0.15, 0.2) is 6.10 Å². The van der Waals surface area contributed by atoms with E-state index >= 15 is 0 Å². The van der Waals surface area contributed by atoms with E-state index < -0.39 is 6.10 Å². The number of ether oxygens (including phenoxy) is 2. The summed E-state index contributed by atoms with van der Waals surface area (Å²) in [6.45, 7) is 5.00. The fourth-order valence-electron chi connectivity index (χ4n) is 1.86. The highest BCUT2D eigenvalue weighted by Crippen LogP contribution is 2.19. The third-order valence-electron chi connectivity index (χ3n) is 3.25. The van der Waals surface area contributed by atoms with Gasteiger partial charge >= 0.3 is 0 Å². The molecule has 21 heavy (non-hydrogen) atoms. The highest BCUT2D eigenvalue weighted by molar-refractivity contribution is 5.80. The first kappa shape index (κ1) is 17.5. The molecule has 0 fully saturated rings. The Balaban J connectivity index is 2.43. The first-order chi connectivity index (χ1) is 10.1. The molecular formula is C16H26N2O3. The van der Waals surface area contributed by atoms with Crippen LogP contribution in [0.3, 0.4) is 0 Å². The molecule has 1 aromatic rings. The van der Waals surface area contributed by atoms with Crippen molar-refractivity contribution in [2.75, 3.05) is 20.3 Å². The number of methoxy groups -OCH3 is 1. The summed E-state index contributed by atoms with van der Waals surface area (Å²) in [7, 11) is 1.64. The summed E-state index contributed by atoms with van der Waals surface area (Å²) < 4.78 is 10.5. The van der Waals surface area contributed by atoms with Crippen molar-refractivity contribution < 1.29 is 14.3 Å². The lowest BCUT2D eigenvalue weighted by Crippen LogP contribution is -2.37. The number of carbonyl (C=O) groups excluding carboxylic acids is 1. The van der Waals surface area contributed by atoms with Crippen molar-refractivity contribution in [3.05, 3.63) is 29.8 Å². The number of nitrogens with two attached hydrogens (primary N) is 1. The van der Waals surface area contributed by atoms with Gasteiger partial charge in [0.05, 0.1) is 0 Å². The summed E-state index contributed by atoms with van der Waals surface area (Å²) >= 11 is 0. The predicted octanol–water partition coefficient (Wildman–Crippen LogP) is 2.02. The molecule has 1 aromatic carbocycles. The minimum atomic E-state index is -0.529. The first-order valence-electron chi connectivity index (χ1n) is 7.37. The van der Waals surface area contributed by atoms with E-state index in [4.69, 9.17) is 15.2 Å². The van der Waals surface area contributed by atoms with Gasteiger partial charge in [-0.1, -0.05) is 19.1 Å². The number of nitrogens with one attached hydrogen (secondary N) is 1. The molecule has 118 valence electrons.